The number of carbonyl (C=O) groups excluding carboxylic acids is 1. The molecular weight excluding hydrogens is 350 g/mol. The number of fused-ring (bicyclic) bond motifs is 2. The molecule has 1 aromatic heterocycles. The van der Waals surface area contributed by atoms with Crippen molar-refractivity contribution in [3.8, 4) is 0 Å². The Bertz CT molecular complexity index is 1100. The second-order valence-electron chi connectivity index (χ2n) is 6.33. The number of hydrogen-bond acceptors (Lipinski definition) is 3. The molecule has 4 rings (SSSR count). The zero-order valence-corrected chi connectivity index (χ0v) is 14.9. The summed E-state index contributed by atoms with van der Waals surface area (Å²) in [5.74, 6) is -0.208. The Morgan fingerprint density at radius 3 is 2.65 bits per heavy atom. The van der Waals surface area contributed by atoms with Crippen LogP contribution in [0, 0.1) is 6.92 Å². The molecule has 1 atom stereocenters. The summed E-state index contributed by atoms with van der Waals surface area (Å²) in [5.41, 5.74) is 2.14. The van der Waals surface area contributed by atoms with Gasteiger partial charge in [0.1, 0.15) is 5.58 Å². The molecule has 0 N–H and O–H groups in total. The van der Waals surface area contributed by atoms with Gasteiger partial charge in [-0.3, -0.25) is 9.59 Å². The Morgan fingerprint density at radius 1 is 1.23 bits per heavy atom. The van der Waals surface area contributed by atoms with E-state index in [1.807, 2.05) is 37.3 Å². The van der Waals surface area contributed by atoms with Crippen molar-refractivity contribution < 1.29 is 9.21 Å². The predicted octanol–water partition coefficient (Wildman–Crippen LogP) is 4.49. The summed E-state index contributed by atoms with van der Waals surface area (Å²) in [5, 5.41) is 0.877. The van der Waals surface area contributed by atoms with Gasteiger partial charge < -0.3 is 9.32 Å². The van der Waals surface area contributed by atoms with Crippen LogP contribution in [-0.4, -0.2) is 17.4 Å². The van der Waals surface area contributed by atoms with Gasteiger partial charge in [-0.15, -0.1) is 6.58 Å². The normalized spacial score (nSPS) is 16.2. The summed E-state index contributed by atoms with van der Waals surface area (Å²) in [7, 11) is 0. The number of carbonyl (C=O) groups is 1. The molecule has 2 aromatic carbocycles. The largest absolute Gasteiger partial charge is 0.450 e. The predicted molar refractivity (Wildman–Crippen MR) is 102 cm³/mol. The molecule has 0 radical (unpaired) electrons. The van der Waals surface area contributed by atoms with Crippen LogP contribution in [0.5, 0.6) is 0 Å². The van der Waals surface area contributed by atoms with Gasteiger partial charge in [0.15, 0.2) is 5.43 Å². The Balaban J connectivity index is 2.05. The SMILES string of the molecule is C=CCN1C(=O)c2oc3cc(C)c(Cl)cc3c(=O)c2C1c1ccccc1. The van der Waals surface area contributed by atoms with Gasteiger partial charge in [0.2, 0.25) is 5.76 Å². The maximum atomic E-state index is 13.2. The second kappa shape index (κ2) is 6.15. The van der Waals surface area contributed by atoms with Crippen LogP contribution in [0.25, 0.3) is 11.0 Å². The minimum Gasteiger partial charge on any atom is -0.450 e. The van der Waals surface area contributed by atoms with Gasteiger partial charge in [-0.05, 0) is 30.2 Å². The van der Waals surface area contributed by atoms with Crippen molar-refractivity contribution >= 4 is 28.5 Å². The third-order valence-electron chi connectivity index (χ3n) is 4.69. The van der Waals surface area contributed by atoms with Crippen LogP contribution in [0.1, 0.15) is 33.3 Å². The highest BCUT2D eigenvalue weighted by Gasteiger charge is 2.42. The zero-order valence-electron chi connectivity index (χ0n) is 14.2. The van der Waals surface area contributed by atoms with E-state index in [1.165, 1.54) is 0 Å². The number of nitrogens with zero attached hydrogens (tertiary/aromatic N) is 1. The molecule has 0 spiro atoms. The summed E-state index contributed by atoms with van der Waals surface area (Å²) < 4.78 is 5.88. The average molecular weight is 366 g/mol. The maximum Gasteiger partial charge on any atom is 0.291 e. The van der Waals surface area contributed by atoms with Crippen molar-refractivity contribution in [3.63, 3.8) is 0 Å². The number of benzene rings is 2. The molecule has 0 saturated heterocycles. The standard InChI is InChI=1S/C21H16ClNO3/c1-3-9-23-18(13-7-5-4-6-8-13)17-19(24)14-11-15(22)12(2)10-16(14)26-20(17)21(23)25/h3-8,10-11,18H,1,9H2,2H3. The van der Waals surface area contributed by atoms with Crippen molar-refractivity contribution in [2.24, 2.45) is 0 Å². The third-order valence-corrected chi connectivity index (χ3v) is 5.10. The topological polar surface area (TPSA) is 50.5 Å². The van der Waals surface area contributed by atoms with Gasteiger partial charge in [0.05, 0.1) is 17.0 Å². The van der Waals surface area contributed by atoms with Gasteiger partial charge in [0.25, 0.3) is 5.91 Å². The highest BCUT2D eigenvalue weighted by Crippen LogP contribution is 2.38. The lowest BCUT2D eigenvalue weighted by Gasteiger charge is -2.23. The molecule has 0 bridgehead atoms. The molecule has 0 saturated carbocycles. The van der Waals surface area contributed by atoms with E-state index in [9.17, 15) is 9.59 Å². The van der Waals surface area contributed by atoms with Gasteiger partial charge in [-0.25, -0.2) is 0 Å². The molecule has 4 nitrogen and oxygen atoms in total. The van der Waals surface area contributed by atoms with E-state index in [1.54, 1.807) is 23.1 Å². The quantitative estimate of drug-likeness (QED) is 0.643. The van der Waals surface area contributed by atoms with E-state index in [0.29, 0.717) is 28.1 Å². The van der Waals surface area contributed by atoms with Crippen LogP contribution in [0.15, 0.2) is 64.3 Å². The lowest BCUT2D eigenvalue weighted by atomic mass is 9.98. The lowest BCUT2D eigenvalue weighted by molar-refractivity contribution is 0.0748. The van der Waals surface area contributed by atoms with Crippen LogP contribution in [-0.2, 0) is 0 Å². The summed E-state index contributed by atoms with van der Waals surface area (Å²) >= 11 is 6.20. The van der Waals surface area contributed by atoms with Crippen molar-refractivity contribution in [1.82, 2.24) is 4.90 Å². The lowest BCUT2D eigenvalue weighted by Crippen LogP contribution is -2.29. The molecule has 0 aliphatic carbocycles. The first-order chi connectivity index (χ1) is 12.5. The number of aryl methyl sites for hydroxylation is 1. The van der Waals surface area contributed by atoms with E-state index in [-0.39, 0.29) is 17.1 Å². The van der Waals surface area contributed by atoms with Gasteiger partial charge in [-0.2, -0.15) is 0 Å². The Morgan fingerprint density at radius 2 is 1.96 bits per heavy atom. The van der Waals surface area contributed by atoms with Gasteiger partial charge >= 0.3 is 0 Å². The van der Waals surface area contributed by atoms with Crippen molar-refractivity contribution in [3.05, 3.63) is 92.8 Å². The minimum atomic E-state index is -0.502. The van der Waals surface area contributed by atoms with Crippen LogP contribution >= 0.6 is 11.6 Å². The molecule has 1 unspecified atom stereocenters. The van der Waals surface area contributed by atoms with Crippen molar-refractivity contribution in [2.75, 3.05) is 6.54 Å². The second-order valence-corrected chi connectivity index (χ2v) is 6.74. The Labute approximate surface area is 155 Å². The summed E-state index contributed by atoms with van der Waals surface area (Å²) in [6.45, 7) is 5.87. The molecule has 2 heterocycles. The minimum absolute atomic E-state index is 0.0972. The maximum absolute atomic E-state index is 13.2. The Kier molecular flexibility index (Phi) is 3.93. The summed E-state index contributed by atoms with van der Waals surface area (Å²) in [4.78, 5) is 27.8. The first kappa shape index (κ1) is 16.6. The fraction of sp³-hybridized carbons (Fsp3) is 0.143. The molecule has 26 heavy (non-hydrogen) atoms. The molecule has 130 valence electrons. The third kappa shape index (κ3) is 2.37. The monoisotopic (exact) mass is 365 g/mol. The van der Waals surface area contributed by atoms with E-state index in [4.69, 9.17) is 16.0 Å². The average Bonchev–Trinajstić information content (AvgIpc) is 2.91. The van der Waals surface area contributed by atoms with Crippen LogP contribution in [0.2, 0.25) is 5.02 Å². The van der Waals surface area contributed by atoms with E-state index in [2.05, 4.69) is 6.58 Å². The molecule has 1 aliphatic rings. The summed E-state index contributed by atoms with van der Waals surface area (Å²) in [6.07, 6.45) is 1.64. The summed E-state index contributed by atoms with van der Waals surface area (Å²) in [6, 6.07) is 12.3. The first-order valence-corrected chi connectivity index (χ1v) is 8.64. The number of hydrogen-bond donors (Lipinski definition) is 0. The van der Waals surface area contributed by atoms with Crippen LogP contribution in [0.4, 0.5) is 0 Å². The molecular formula is C21H16ClNO3. The number of amides is 1. The molecule has 5 heteroatoms. The van der Waals surface area contributed by atoms with Gasteiger partial charge in [-0.1, -0.05) is 48.0 Å². The van der Waals surface area contributed by atoms with E-state index in [0.717, 1.165) is 11.1 Å². The van der Waals surface area contributed by atoms with E-state index < -0.39 is 6.04 Å². The molecule has 0 fully saturated rings. The first-order valence-electron chi connectivity index (χ1n) is 8.26. The molecule has 3 aromatic rings. The molecule has 1 amide bonds. The Hall–Kier alpha value is -2.85. The van der Waals surface area contributed by atoms with Crippen molar-refractivity contribution in [2.45, 2.75) is 13.0 Å². The number of rotatable bonds is 3. The highest BCUT2D eigenvalue weighted by atomic mass is 35.5. The smallest absolute Gasteiger partial charge is 0.291 e. The fourth-order valence-electron chi connectivity index (χ4n) is 3.45. The van der Waals surface area contributed by atoms with Crippen LogP contribution in [0.3, 0.4) is 0 Å². The van der Waals surface area contributed by atoms with Gasteiger partial charge in [0, 0.05) is 11.6 Å². The number of halogens is 1. The highest BCUT2D eigenvalue weighted by molar-refractivity contribution is 6.32. The molecule has 1 aliphatic heterocycles. The zero-order chi connectivity index (χ0) is 18.4. The van der Waals surface area contributed by atoms with E-state index >= 15 is 0 Å². The van der Waals surface area contributed by atoms with Crippen molar-refractivity contribution in [1.29, 1.82) is 0 Å². The van der Waals surface area contributed by atoms with Crippen LogP contribution < -0.4 is 5.43 Å². The fourth-order valence-corrected chi connectivity index (χ4v) is 3.61.